The van der Waals surface area contributed by atoms with Crippen LogP contribution in [-0.2, 0) is 11.3 Å². The van der Waals surface area contributed by atoms with Gasteiger partial charge in [0, 0.05) is 19.5 Å². The third kappa shape index (κ3) is 4.39. The lowest BCUT2D eigenvalue weighted by molar-refractivity contribution is -0.130. The maximum atomic E-state index is 12.1. The molecule has 3 N–H and O–H groups in total. The Labute approximate surface area is 124 Å². The van der Waals surface area contributed by atoms with E-state index in [-0.39, 0.29) is 11.9 Å². The summed E-state index contributed by atoms with van der Waals surface area (Å²) in [6.07, 6.45) is 1.04. The number of hydrogen-bond acceptors (Lipinski definition) is 4. The predicted molar refractivity (Wildman–Crippen MR) is 80.2 cm³/mol. The molecular weight excluding hydrogens is 266 g/mol. The Bertz CT molecular complexity index is 581. The van der Waals surface area contributed by atoms with Gasteiger partial charge in [-0.05, 0) is 18.9 Å². The fourth-order valence-corrected chi connectivity index (χ4v) is 2.10. The molecule has 0 radical (unpaired) electrons. The minimum Gasteiger partial charge on any atom is -0.338 e. The second kappa shape index (κ2) is 6.99. The summed E-state index contributed by atoms with van der Waals surface area (Å²) in [6, 6.07) is 9.71. The molecule has 21 heavy (non-hydrogen) atoms. The van der Waals surface area contributed by atoms with Gasteiger partial charge in [0.1, 0.15) is 5.82 Å². The van der Waals surface area contributed by atoms with Crippen molar-refractivity contribution >= 4 is 5.91 Å². The highest BCUT2D eigenvalue weighted by atomic mass is 16.2. The van der Waals surface area contributed by atoms with Crippen molar-refractivity contribution in [1.82, 2.24) is 20.1 Å². The molecule has 1 unspecified atom stereocenters. The van der Waals surface area contributed by atoms with Crippen LogP contribution in [-0.4, -0.2) is 33.0 Å². The van der Waals surface area contributed by atoms with Crippen LogP contribution in [0.15, 0.2) is 30.3 Å². The molecule has 0 aliphatic rings. The summed E-state index contributed by atoms with van der Waals surface area (Å²) in [5, 5.41) is 6.79. The second-order valence-electron chi connectivity index (χ2n) is 5.14. The topological polar surface area (TPSA) is 87.9 Å². The van der Waals surface area contributed by atoms with E-state index in [0.717, 1.165) is 11.4 Å². The SMILES string of the molecule is Cc1nc(CN(C)C(=O)CCC(N)c2ccccc2)n[nH]1. The smallest absolute Gasteiger partial charge is 0.222 e. The summed E-state index contributed by atoms with van der Waals surface area (Å²) in [7, 11) is 1.75. The Morgan fingerprint density at radius 1 is 1.38 bits per heavy atom. The van der Waals surface area contributed by atoms with Crippen molar-refractivity contribution in [3.63, 3.8) is 0 Å². The van der Waals surface area contributed by atoms with Crippen LogP contribution in [0.5, 0.6) is 0 Å². The molecule has 1 aromatic heterocycles. The van der Waals surface area contributed by atoms with Gasteiger partial charge in [0.05, 0.1) is 6.54 Å². The van der Waals surface area contributed by atoms with Crippen molar-refractivity contribution in [3.05, 3.63) is 47.5 Å². The van der Waals surface area contributed by atoms with E-state index in [1.807, 2.05) is 37.3 Å². The van der Waals surface area contributed by atoms with Gasteiger partial charge in [-0.15, -0.1) is 0 Å². The normalized spacial score (nSPS) is 12.1. The molecule has 0 aliphatic heterocycles. The van der Waals surface area contributed by atoms with Crippen LogP contribution < -0.4 is 5.73 Å². The standard InChI is InChI=1S/C15H21N5O/c1-11-17-14(19-18-11)10-20(2)15(21)9-8-13(16)12-6-4-3-5-7-12/h3-7,13H,8-10,16H2,1-2H3,(H,17,18,19). The number of carbonyl (C=O) groups excluding carboxylic acids is 1. The molecule has 112 valence electrons. The van der Waals surface area contributed by atoms with Gasteiger partial charge in [-0.3, -0.25) is 9.89 Å². The van der Waals surface area contributed by atoms with Gasteiger partial charge in [0.25, 0.3) is 0 Å². The highest BCUT2D eigenvalue weighted by Crippen LogP contribution is 2.15. The molecule has 6 nitrogen and oxygen atoms in total. The number of amides is 1. The van der Waals surface area contributed by atoms with E-state index in [9.17, 15) is 4.79 Å². The highest BCUT2D eigenvalue weighted by molar-refractivity contribution is 5.75. The van der Waals surface area contributed by atoms with Crippen LogP contribution in [0, 0.1) is 6.92 Å². The van der Waals surface area contributed by atoms with Gasteiger partial charge in [-0.2, -0.15) is 5.10 Å². The van der Waals surface area contributed by atoms with E-state index in [2.05, 4.69) is 15.2 Å². The summed E-state index contributed by atoms with van der Waals surface area (Å²) in [5.41, 5.74) is 7.15. The zero-order valence-corrected chi connectivity index (χ0v) is 12.4. The zero-order valence-electron chi connectivity index (χ0n) is 12.4. The third-order valence-corrected chi connectivity index (χ3v) is 3.34. The predicted octanol–water partition coefficient (Wildman–Crippen LogP) is 1.55. The number of rotatable bonds is 6. The molecule has 0 aliphatic carbocycles. The Morgan fingerprint density at radius 3 is 2.71 bits per heavy atom. The van der Waals surface area contributed by atoms with E-state index in [1.165, 1.54) is 0 Å². The van der Waals surface area contributed by atoms with Crippen LogP contribution in [0.3, 0.4) is 0 Å². The summed E-state index contributed by atoms with van der Waals surface area (Å²) < 4.78 is 0. The number of aromatic nitrogens is 3. The number of nitrogens with one attached hydrogen (secondary N) is 1. The first-order chi connectivity index (χ1) is 10.1. The van der Waals surface area contributed by atoms with Crippen molar-refractivity contribution < 1.29 is 4.79 Å². The van der Waals surface area contributed by atoms with Crippen LogP contribution >= 0.6 is 0 Å². The molecule has 1 heterocycles. The number of H-pyrrole nitrogens is 1. The fraction of sp³-hybridized carbons (Fsp3) is 0.400. The number of aromatic amines is 1. The minimum atomic E-state index is -0.116. The second-order valence-corrected chi connectivity index (χ2v) is 5.14. The van der Waals surface area contributed by atoms with Crippen molar-refractivity contribution in [2.45, 2.75) is 32.4 Å². The fourth-order valence-electron chi connectivity index (χ4n) is 2.10. The van der Waals surface area contributed by atoms with Crippen molar-refractivity contribution in [3.8, 4) is 0 Å². The lowest BCUT2D eigenvalue weighted by atomic mass is 10.0. The molecule has 1 amide bonds. The molecule has 0 saturated heterocycles. The van der Waals surface area contributed by atoms with Gasteiger partial charge in [-0.25, -0.2) is 4.98 Å². The third-order valence-electron chi connectivity index (χ3n) is 3.34. The summed E-state index contributed by atoms with van der Waals surface area (Å²) in [4.78, 5) is 17.9. The minimum absolute atomic E-state index is 0.0452. The monoisotopic (exact) mass is 287 g/mol. The average Bonchev–Trinajstić information content (AvgIpc) is 2.90. The number of aryl methyl sites for hydroxylation is 1. The highest BCUT2D eigenvalue weighted by Gasteiger charge is 2.14. The van der Waals surface area contributed by atoms with Gasteiger partial charge in [0.2, 0.25) is 5.91 Å². The number of nitrogens with zero attached hydrogens (tertiary/aromatic N) is 3. The molecule has 6 heteroatoms. The van der Waals surface area contributed by atoms with Crippen molar-refractivity contribution in [2.24, 2.45) is 5.73 Å². The molecule has 0 fully saturated rings. The number of nitrogens with two attached hydrogens (primary N) is 1. The zero-order chi connectivity index (χ0) is 15.2. The Kier molecular flexibility index (Phi) is 5.05. The molecule has 0 bridgehead atoms. The first kappa shape index (κ1) is 15.2. The van der Waals surface area contributed by atoms with Crippen LogP contribution in [0.4, 0.5) is 0 Å². The summed E-state index contributed by atoms with van der Waals surface area (Å²) in [6.45, 7) is 2.24. The van der Waals surface area contributed by atoms with Crippen LogP contribution in [0.1, 0.15) is 36.1 Å². The van der Waals surface area contributed by atoms with Crippen molar-refractivity contribution in [1.29, 1.82) is 0 Å². The Morgan fingerprint density at radius 2 is 2.10 bits per heavy atom. The van der Waals surface area contributed by atoms with E-state index in [4.69, 9.17) is 5.73 Å². The lowest BCUT2D eigenvalue weighted by Gasteiger charge is -2.17. The van der Waals surface area contributed by atoms with Crippen LogP contribution in [0.2, 0.25) is 0 Å². The molecule has 1 atom stereocenters. The maximum absolute atomic E-state index is 12.1. The average molecular weight is 287 g/mol. The Balaban J connectivity index is 1.81. The van der Waals surface area contributed by atoms with Crippen LogP contribution in [0.25, 0.3) is 0 Å². The van der Waals surface area contributed by atoms with Gasteiger partial charge < -0.3 is 10.6 Å². The van der Waals surface area contributed by atoms with E-state index >= 15 is 0 Å². The van der Waals surface area contributed by atoms with E-state index in [0.29, 0.717) is 25.2 Å². The number of carbonyl (C=O) groups is 1. The molecule has 2 aromatic rings. The summed E-state index contributed by atoms with van der Waals surface area (Å²) >= 11 is 0. The molecular formula is C15H21N5O. The Hall–Kier alpha value is -2.21. The van der Waals surface area contributed by atoms with E-state index < -0.39 is 0 Å². The van der Waals surface area contributed by atoms with Gasteiger partial charge in [0.15, 0.2) is 5.82 Å². The first-order valence-corrected chi connectivity index (χ1v) is 6.98. The largest absolute Gasteiger partial charge is 0.338 e. The summed E-state index contributed by atoms with van der Waals surface area (Å²) in [5.74, 6) is 1.41. The van der Waals surface area contributed by atoms with Gasteiger partial charge >= 0.3 is 0 Å². The maximum Gasteiger partial charge on any atom is 0.222 e. The molecule has 2 rings (SSSR count). The van der Waals surface area contributed by atoms with E-state index in [1.54, 1.807) is 11.9 Å². The van der Waals surface area contributed by atoms with Gasteiger partial charge in [-0.1, -0.05) is 30.3 Å². The molecule has 0 spiro atoms. The number of hydrogen-bond donors (Lipinski definition) is 2. The molecule has 1 aromatic carbocycles. The lowest BCUT2D eigenvalue weighted by Crippen LogP contribution is -2.27. The first-order valence-electron chi connectivity index (χ1n) is 6.98. The quantitative estimate of drug-likeness (QED) is 0.843. The number of benzene rings is 1. The molecule has 0 saturated carbocycles. The van der Waals surface area contributed by atoms with Crippen molar-refractivity contribution in [2.75, 3.05) is 7.05 Å².